The first-order valence-corrected chi connectivity index (χ1v) is 11.8. The summed E-state index contributed by atoms with van der Waals surface area (Å²) < 4.78 is 1.96. The Labute approximate surface area is 206 Å². The van der Waals surface area contributed by atoms with Crippen LogP contribution in [0.3, 0.4) is 0 Å². The van der Waals surface area contributed by atoms with E-state index in [1.165, 1.54) is 0 Å². The van der Waals surface area contributed by atoms with Crippen LogP contribution in [0.5, 0.6) is 0 Å². The summed E-state index contributed by atoms with van der Waals surface area (Å²) in [7, 11) is 0. The van der Waals surface area contributed by atoms with E-state index in [1.54, 1.807) is 0 Å². The number of hydrogen-bond donors (Lipinski definition) is 5. The van der Waals surface area contributed by atoms with Crippen LogP contribution in [0.1, 0.15) is 24.0 Å². The average Bonchev–Trinajstić information content (AvgIpc) is 3.08. The fraction of sp³-hybridized carbons (Fsp3) is 0.320. The molecule has 176 valence electrons. The molecule has 0 saturated heterocycles. The number of rotatable bonds is 11. The molecule has 0 saturated carbocycles. The van der Waals surface area contributed by atoms with Gasteiger partial charge in [-0.05, 0) is 61.7 Å². The summed E-state index contributed by atoms with van der Waals surface area (Å²) in [5.41, 5.74) is 5.24. The highest BCUT2D eigenvalue weighted by Gasteiger charge is 2.18. The van der Waals surface area contributed by atoms with Crippen molar-refractivity contribution in [2.45, 2.75) is 42.8 Å². The molecule has 1 aromatic heterocycles. The van der Waals surface area contributed by atoms with Crippen molar-refractivity contribution >= 4 is 42.6 Å². The number of anilines is 2. The Bertz CT molecular complexity index is 1060. The largest absolute Gasteiger partial charge is 0.481 e. The minimum absolute atomic E-state index is 0.272. The van der Waals surface area contributed by atoms with Crippen LogP contribution >= 0.6 is 25.3 Å². The Kier molecular flexibility index (Phi) is 8.77. The van der Waals surface area contributed by atoms with E-state index in [2.05, 4.69) is 41.5 Å². The lowest BCUT2D eigenvalue weighted by molar-refractivity contribution is -0.139. The van der Waals surface area contributed by atoms with E-state index in [0.717, 1.165) is 51.2 Å². The Morgan fingerprint density at radius 3 is 2.33 bits per heavy atom. The third-order valence-corrected chi connectivity index (χ3v) is 6.17. The topological polar surface area (TPSA) is 77.7 Å². The second-order valence-corrected chi connectivity index (χ2v) is 9.07. The van der Waals surface area contributed by atoms with Crippen LogP contribution in [0.25, 0.3) is 5.69 Å². The highest BCUT2D eigenvalue weighted by Crippen LogP contribution is 2.26. The molecule has 6 nitrogen and oxygen atoms in total. The third kappa shape index (κ3) is 6.72. The van der Waals surface area contributed by atoms with E-state index in [1.807, 2.05) is 66.9 Å². The quantitative estimate of drug-likeness (QED) is 0.199. The molecule has 8 heteroatoms. The van der Waals surface area contributed by atoms with Crippen molar-refractivity contribution in [3.05, 3.63) is 65.7 Å². The van der Waals surface area contributed by atoms with E-state index < -0.39 is 12.1 Å². The zero-order chi connectivity index (χ0) is 24.0. The number of aliphatic hydroxyl groups excluding tert-OH is 1. The van der Waals surface area contributed by atoms with Crippen molar-refractivity contribution in [3.63, 3.8) is 0 Å². The second-order valence-electron chi connectivity index (χ2n) is 8.15. The number of nitrogens with zero attached hydrogens (tertiary/aromatic N) is 2. The number of benzene rings is 2. The van der Waals surface area contributed by atoms with Crippen LogP contribution in [0.15, 0.2) is 64.6 Å². The van der Waals surface area contributed by atoms with E-state index in [4.69, 9.17) is 5.11 Å². The molecule has 0 bridgehead atoms. The number of aromatic nitrogens is 1. The van der Waals surface area contributed by atoms with Crippen molar-refractivity contribution in [3.8, 4) is 5.69 Å². The van der Waals surface area contributed by atoms with Crippen molar-refractivity contribution in [1.82, 2.24) is 4.57 Å². The van der Waals surface area contributed by atoms with Gasteiger partial charge in [0.2, 0.25) is 0 Å². The van der Waals surface area contributed by atoms with E-state index in [0.29, 0.717) is 6.54 Å². The Hall–Kier alpha value is -2.55. The van der Waals surface area contributed by atoms with Gasteiger partial charge < -0.3 is 20.4 Å². The lowest BCUT2D eigenvalue weighted by Crippen LogP contribution is -2.36. The minimum Gasteiger partial charge on any atom is -0.481 e. The summed E-state index contributed by atoms with van der Waals surface area (Å²) in [6.45, 7) is 5.77. The molecule has 0 amide bonds. The number of hydrogen-bond acceptors (Lipinski definition) is 6. The molecule has 0 aliphatic heterocycles. The third-order valence-electron chi connectivity index (χ3n) is 5.48. The lowest BCUT2D eigenvalue weighted by Gasteiger charge is -2.30. The highest BCUT2D eigenvalue weighted by atomic mass is 32.1. The molecule has 0 spiro atoms. The van der Waals surface area contributed by atoms with Crippen LogP contribution < -0.4 is 10.2 Å². The predicted octanol–water partition coefficient (Wildman–Crippen LogP) is 4.82. The van der Waals surface area contributed by atoms with Gasteiger partial charge >= 0.3 is 5.97 Å². The maximum absolute atomic E-state index is 11.0. The molecule has 1 unspecified atom stereocenters. The molecule has 3 N–H and O–H groups in total. The molecule has 0 radical (unpaired) electrons. The standard InChI is InChI=1S/C25H31N3O3S2/c1-17-6-3-7-18(2)25(17)27(16-21(29)15-24(30)31)13-5-12-26-19-8-4-9-20(14-19)28-22(32)10-11-23(28)33/h3-4,6-11,14,21,26,29,32-33H,5,12-13,15-16H2,1-2H3,(H,30,31). The molecule has 0 aliphatic rings. The zero-order valence-corrected chi connectivity index (χ0v) is 20.7. The molecular weight excluding hydrogens is 454 g/mol. The summed E-state index contributed by atoms with van der Waals surface area (Å²) in [5, 5.41) is 24.4. The Morgan fingerprint density at radius 2 is 1.70 bits per heavy atom. The number of para-hydroxylation sites is 1. The predicted molar refractivity (Wildman–Crippen MR) is 140 cm³/mol. The second kappa shape index (κ2) is 11.5. The summed E-state index contributed by atoms with van der Waals surface area (Å²) in [6.07, 6.45) is -0.387. The number of nitrogens with one attached hydrogen (secondary N) is 1. The van der Waals surface area contributed by atoms with Crippen molar-refractivity contribution in [2.24, 2.45) is 0 Å². The normalized spacial score (nSPS) is 11.9. The van der Waals surface area contributed by atoms with Gasteiger partial charge in [0, 0.05) is 36.7 Å². The lowest BCUT2D eigenvalue weighted by atomic mass is 10.1. The summed E-state index contributed by atoms with van der Waals surface area (Å²) in [4.78, 5) is 13.1. The number of carboxylic acids is 1. The molecule has 1 heterocycles. The summed E-state index contributed by atoms with van der Waals surface area (Å²) in [5.74, 6) is -0.998. The molecule has 0 fully saturated rings. The first-order chi connectivity index (χ1) is 15.8. The van der Waals surface area contributed by atoms with Crippen LogP contribution in [0, 0.1) is 13.8 Å². The van der Waals surface area contributed by atoms with Crippen LogP contribution in [0.4, 0.5) is 11.4 Å². The van der Waals surface area contributed by atoms with Crippen molar-refractivity contribution in [2.75, 3.05) is 29.9 Å². The minimum atomic E-state index is -0.998. The number of aliphatic carboxylic acids is 1. The zero-order valence-electron chi connectivity index (χ0n) is 18.9. The van der Waals surface area contributed by atoms with Gasteiger partial charge in [-0.25, -0.2) is 0 Å². The number of thiol groups is 2. The SMILES string of the molecule is Cc1cccc(C)c1N(CCCNc1cccc(-n2c(S)ccc2S)c1)CC(O)CC(=O)O. The summed E-state index contributed by atoms with van der Waals surface area (Å²) in [6, 6.07) is 18.0. The average molecular weight is 486 g/mol. The fourth-order valence-electron chi connectivity index (χ4n) is 4.06. The number of carboxylic acid groups (broad SMARTS) is 1. The van der Waals surface area contributed by atoms with Gasteiger partial charge in [-0.15, -0.1) is 25.3 Å². The van der Waals surface area contributed by atoms with E-state index in [-0.39, 0.29) is 13.0 Å². The number of aliphatic hydroxyl groups is 1. The van der Waals surface area contributed by atoms with Gasteiger partial charge in [0.25, 0.3) is 0 Å². The van der Waals surface area contributed by atoms with Gasteiger partial charge in [-0.3, -0.25) is 9.36 Å². The molecular formula is C25H31N3O3S2. The van der Waals surface area contributed by atoms with E-state index >= 15 is 0 Å². The van der Waals surface area contributed by atoms with Crippen LogP contribution in [-0.4, -0.2) is 46.5 Å². The fourth-order valence-corrected chi connectivity index (χ4v) is 4.73. The van der Waals surface area contributed by atoms with Gasteiger partial charge in [0.1, 0.15) is 0 Å². The maximum Gasteiger partial charge on any atom is 0.306 e. The van der Waals surface area contributed by atoms with Crippen molar-refractivity contribution < 1.29 is 15.0 Å². The highest BCUT2D eigenvalue weighted by molar-refractivity contribution is 7.81. The molecule has 2 aromatic carbocycles. The van der Waals surface area contributed by atoms with Crippen LogP contribution in [0.2, 0.25) is 0 Å². The number of aryl methyl sites for hydroxylation is 2. The maximum atomic E-state index is 11.0. The number of carbonyl (C=O) groups is 1. The van der Waals surface area contributed by atoms with Gasteiger partial charge in [-0.1, -0.05) is 24.3 Å². The first-order valence-electron chi connectivity index (χ1n) is 10.9. The Balaban J connectivity index is 1.66. The molecule has 0 aliphatic carbocycles. The molecule has 1 atom stereocenters. The van der Waals surface area contributed by atoms with Crippen molar-refractivity contribution in [1.29, 1.82) is 0 Å². The van der Waals surface area contributed by atoms with Gasteiger partial charge in [0.05, 0.1) is 22.6 Å². The smallest absolute Gasteiger partial charge is 0.306 e. The van der Waals surface area contributed by atoms with Crippen LogP contribution in [-0.2, 0) is 4.79 Å². The molecule has 3 rings (SSSR count). The monoisotopic (exact) mass is 485 g/mol. The molecule has 3 aromatic rings. The summed E-state index contributed by atoms with van der Waals surface area (Å²) >= 11 is 9.00. The van der Waals surface area contributed by atoms with Gasteiger partial charge in [0.15, 0.2) is 0 Å². The Morgan fingerprint density at radius 1 is 1.06 bits per heavy atom. The molecule has 33 heavy (non-hydrogen) atoms. The first kappa shape index (κ1) is 25.1. The van der Waals surface area contributed by atoms with Gasteiger partial charge in [-0.2, -0.15) is 0 Å². The van der Waals surface area contributed by atoms with E-state index in [9.17, 15) is 9.90 Å².